The highest BCUT2D eigenvalue weighted by molar-refractivity contribution is 5.89. The fourth-order valence-corrected chi connectivity index (χ4v) is 12.3. The molecular formula is C54H56F2N8O5. The third kappa shape index (κ3) is 7.42. The predicted octanol–water partition coefficient (Wildman–Crippen LogP) is 9.30. The van der Waals surface area contributed by atoms with E-state index in [0.717, 1.165) is 66.5 Å². The van der Waals surface area contributed by atoms with Gasteiger partial charge in [0.2, 0.25) is 11.8 Å². The lowest BCUT2D eigenvalue weighted by Gasteiger charge is -2.41. The van der Waals surface area contributed by atoms with Crippen molar-refractivity contribution in [2.75, 3.05) is 40.0 Å². The third-order valence-corrected chi connectivity index (χ3v) is 16.1. The number of rotatable bonds is 10. The normalized spacial score (nSPS) is 23.9. The Balaban J connectivity index is 0.799. The number of morpholine rings is 1. The number of amides is 3. The number of aromatic amines is 2. The van der Waals surface area contributed by atoms with Crippen molar-refractivity contribution in [2.45, 2.75) is 88.5 Å². The maximum atomic E-state index is 16.8. The average Bonchev–Trinajstić information content (AvgIpc) is 4.03. The maximum absolute atomic E-state index is 16.8. The van der Waals surface area contributed by atoms with Gasteiger partial charge in [-0.1, -0.05) is 74.5 Å². The molecule has 13 nitrogen and oxygen atoms in total. The molecule has 6 aromatic rings. The molecule has 1 spiro atoms. The summed E-state index contributed by atoms with van der Waals surface area (Å²) in [6, 6.07) is 24.7. The smallest absolute Gasteiger partial charge is 0.407 e. The number of hydrogen-bond acceptors (Lipinski definition) is 8. The lowest BCUT2D eigenvalue weighted by molar-refractivity contribution is -0.144. The molecule has 5 fully saturated rings. The minimum atomic E-state index is -3.27. The van der Waals surface area contributed by atoms with E-state index in [9.17, 15) is 14.4 Å². The van der Waals surface area contributed by atoms with Crippen LogP contribution in [-0.4, -0.2) is 105 Å². The number of methoxy groups -OCH3 is 1. The topological polar surface area (TPSA) is 149 Å². The number of imidazole rings is 2. The van der Waals surface area contributed by atoms with Gasteiger partial charge < -0.3 is 34.6 Å². The number of alkyl halides is 2. The van der Waals surface area contributed by atoms with Gasteiger partial charge >= 0.3 is 6.09 Å². The average molecular weight is 935 g/mol. The zero-order valence-electron chi connectivity index (χ0n) is 39.0. The first-order valence-electron chi connectivity index (χ1n) is 24.5. The number of ether oxygens (including phenoxy) is 2. The largest absolute Gasteiger partial charge is 0.453 e. The molecule has 5 heterocycles. The number of H-pyrrole nitrogens is 2. The molecule has 6 aliphatic rings. The van der Waals surface area contributed by atoms with Crippen LogP contribution in [0.1, 0.15) is 98.8 Å². The molecule has 3 N–H and O–H groups in total. The van der Waals surface area contributed by atoms with Crippen LogP contribution in [0.2, 0.25) is 0 Å². The van der Waals surface area contributed by atoms with Gasteiger partial charge in [-0.15, -0.1) is 0 Å². The first-order valence-corrected chi connectivity index (χ1v) is 24.5. The Kier molecular flexibility index (Phi) is 10.5. The van der Waals surface area contributed by atoms with Crippen molar-refractivity contribution in [3.8, 4) is 33.5 Å². The molecule has 69 heavy (non-hydrogen) atoms. The summed E-state index contributed by atoms with van der Waals surface area (Å²) in [4.78, 5) is 64.0. The van der Waals surface area contributed by atoms with Crippen LogP contribution < -0.4 is 5.32 Å². The molecule has 2 saturated carbocycles. The second kappa shape index (κ2) is 16.6. The number of nitrogens with one attached hydrogen (secondary N) is 3. The molecule has 3 aliphatic heterocycles. The van der Waals surface area contributed by atoms with Crippen molar-refractivity contribution < 1.29 is 32.6 Å². The highest BCUT2D eigenvalue weighted by atomic mass is 19.3. The number of carbonyl (C=O) groups is 3. The van der Waals surface area contributed by atoms with Crippen LogP contribution in [-0.2, 0) is 25.0 Å². The minimum absolute atomic E-state index is 0.0166. The number of hydrogen-bond donors (Lipinski definition) is 3. The number of alkyl carbamates (subject to hydrolysis) is 1. The molecule has 3 aliphatic carbocycles. The van der Waals surface area contributed by atoms with E-state index >= 15 is 8.78 Å². The van der Waals surface area contributed by atoms with Gasteiger partial charge in [0.1, 0.15) is 23.7 Å². The van der Waals surface area contributed by atoms with E-state index in [2.05, 4.69) is 25.1 Å². The number of nitrogens with zero attached hydrogens (tertiary/aromatic N) is 5. The summed E-state index contributed by atoms with van der Waals surface area (Å²) in [5, 5.41) is 2.71. The Bertz CT molecular complexity index is 3000. The van der Waals surface area contributed by atoms with Gasteiger partial charge in [-0.2, -0.15) is 8.78 Å². The first-order chi connectivity index (χ1) is 33.4. The van der Waals surface area contributed by atoms with E-state index in [0.29, 0.717) is 72.5 Å². The Hall–Kier alpha value is -6.45. The fourth-order valence-electron chi connectivity index (χ4n) is 12.3. The van der Waals surface area contributed by atoms with E-state index in [-0.39, 0.29) is 52.4 Å². The van der Waals surface area contributed by atoms with Gasteiger partial charge in [-0.25, -0.2) is 14.8 Å². The number of benzene rings is 4. The van der Waals surface area contributed by atoms with Crippen molar-refractivity contribution in [3.05, 3.63) is 119 Å². The van der Waals surface area contributed by atoms with Crippen LogP contribution in [0.4, 0.5) is 13.6 Å². The Morgan fingerprint density at radius 1 is 0.855 bits per heavy atom. The molecule has 356 valence electrons. The van der Waals surface area contributed by atoms with Gasteiger partial charge in [0, 0.05) is 42.4 Å². The standard InChI is InChI=1S/C54H56F2N8O5/c1-30(2)45(61-52(67)68-3)50(65)63-29-53(17-18-53)27-44(63)48-57-28-43(60-48)34-11-15-38-37-14-10-32(24-39(37)54(55,56)40(38)25-34)33-12-16-41-42(26-33)59-49(58-41)46-35-9-13-36(23-35)64(46)51(66)47(31-7-5-4-6-8-31)62-19-21-69-22-20-62/h4-8,10-12,14-16,24-26,28,30,35-36,44-47H,9,13,17-23,27,29H2,1-3H3,(H,57,60)(H,58,59)(H,61,67)/t35-,36+,44-,45-,46-,47+/m0/s1. The van der Waals surface area contributed by atoms with E-state index in [1.54, 1.807) is 30.5 Å². The summed E-state index contributed by atoms with van der Waals surface area (Å²) in [5.41, 5.74) is 5.98. The summed E-state index contributed by atoms with van der Waals surface area (Å²) in [6.07, 6.45) is 6.69. The van der Waals surface area contributed by atoms with Crippen LogP contribution in [0.3, 0.4) is 0 Å². The molecular weight excluding hydrogens is 879 g/mol. The highest BCUT2D eigenvalue weighted by Gasteiger charge is 2.56. The van der Waals surface area contributed by atoms with Crippen molar-refractivity contribution in [3.63, 3.8) is 0 Å². The number of carbonyl (C=O) groups excluding carboxylic acids is 3. The molecule has 2 bridgehead atoms. The number of fused-ring (bicyclic) bond motifs is 6. The van der Waals surface area contributed by atoms with Crippen molar-refractivity contribution >= 4 is 28.9 Å². The Morgan fingerprint density at radius 3 is 2.29 bits per heavy atom. The Morgan fingerprint density at radius 2 is 1.57 bits per heavy atom. The summed E-state index contributed by atoms with van der Waals surface area (Å²) in [5.74, 6) is -1.89. The van der Waals surface area contributed by atoms with Gasteiger partial charge in [0.05, 0.1) is 55.3 Å². The van der Waals surface area contributed by atoms with Gasteiger partial charge in [0.25, 0.3) is 5.92 Å². The SMILES string of the molecule is COC(=O)N[C@H](C(=O)N1CC2(CC2)C[C@H]1c1ncc(-c2ccc3c(c2)C(F)(F)c2cc(-c4ccc5nc([C@@H]6[C@H]7CC[C@H](C7)N6C(=O)[C@@H](c6ccccc6)N6CCOCC6)[nH]c5c4)ccc2-3)[nH]1)C(C)C. The monoisotopic (exact) mass is 934 g/mol. The molecule has 0 radical (unpaired) electrons. The molecule has 0 unspecified atom stereocenters. The summed E-state index contributed by atoms with van der Waals surface area (Å²) in [7, 11) is 1.27. The molecule has 3 amide bonds. The van der Waals surface area contributed by atoms with E-state index in [1.807, 2.05) is 79.4 Å². The second-order valence-electron chi connectivity index (χ2n) is 20.6. The molecule has 15 heteroatoms. The minimum Gasteiger partial charge on any atom is -0.453 e. The van der Waals surface area contributed by atoms with Gasteiger partial charge in [-0.05, 0) is 108 Å². The summed E-state index contributed by atoms with van der Waals surface area (Å²) < 4.78 is 44.1. The van der Waals surface area contributed by atoms with E-state index in [1.165, 1.54) is 7.11 Å². The molecule has 3 saturated heterocycles. The molecule has 12 rings (SSSR count). The van der Waals surface area contributed by atoms with Crippen LogP contribution in [0.25, 0.3) is 44.5 Å². The maximum Gasteiger partial charge on any atom is 0.407 e. The number of aromatic nitrogens is 4. The van der Waals surface area contributed by atoms with Gasteiger partial charge in [0.15, 0.2) is 0 Å². The van der Waals surface area contributed by atoms with Crippen LogP contribution in [0.15, 0.2) is 91.1 Å². The molecule has 4 aromatic carbocycles. The van der Waals surface area contributed by atoms with Crippen LogP contribution in [0, 0.1) is 17.3 Å². The number of piperidine rings is 1. The lowest BCUT2D eigenvalue weighted by Crippen LogP contribution is -2.51. The van der Waals surface area contributed by atoms with Crippen molar-refractivity contribution in [1.29, 1.82) is 0 Å². The number of halogens is 2. The lowest BCUT2D eigenvalue weighted by atomic mass is 9.95. The van der Waals surface area contributed by atoms with Crippen LogP contribution in [0.5, 0.6) is 0 Å². The van der Waals surface area contributed by atoms with Crippen molar-refractivity contribution in [1.82, 2.24) is 40.0 Å². The summed E-state index contributed by atoms with van der Waals surface area (Å²) in [6.45, 7) is 6.88. The number of likely N-dealkylation sites (tertiary alicyclic amines) is 2. The molecule has 2 aromatic heterocycles. The van der Waals surface area contributed by atoms with Crippen molar-refractivity contribution in [2.24, 2.45) is 17.3 Å². The van der Waals surface area contributed by atoms with Crippen LogP contribution >= 0.6 is 0 Å². The summed E-state index contributed by atoms with van der Waals surface area (Å²) >= 11 is 0. The zero-order valence-corrected chi connectivity index (χ0v) is 39.0. The predicted molar refractivity (Wildman–Crippen MR) is 255 cm³/mol. The third-order valence-electron chi connectivity index (χ3n) is 16.1. The Labute approximate surface area is 399 Å². The van der Waals surface area contributed by atoms with Gasteiger partial charge in [-0.3, -0.25) is 14.5 Å². The molecule has 6 atom stereocenters. The first kappa shape index (κ1) is 43.8. The van der Waals surface area contributed by atoms with E-state index < -0.39 is 24.1 Å². The quantitative estimate of drug-likeness (QED) is 0.123. The fraction of sp³-hybridized carbons (Fsp3) is 0.426. The second-order valence-corrected chi connectivity index (χ2v) is 20.6. The highest BCUT2D eigenvalue weighted by Crippen LogP contribution is 2.59. The zero-order chi connectivity index (χ0) is 47.3. The van der Waals surface area contributed by atoms with E-state index in [4.69, 9.17) is 19.4 Å².